The Balaban J connectivity index is 1.35. The number of rotatable bonds is 5. The van der Waals surface area contributed by atoms with E-state index in [1.807, 2.05) is 24.3 Å². The Morgan fingerprint density at radius 3 is 2.84 bits per heavy atom. The van der Waals surface area contributed by atoms with Gasteiger partial charge in [0.1, 0.15) is 5.65 Å². The molecule has 31 heavy (non-hydrogen) atoms. The highest BCUT2D eigenvalue weighted by molar-refractivity contribution is 5.82. The van der Waals surface area contributed by atoms with Gasteiger partial charge in [-0.15, -0.1) is 0 Å². The zero-order valence-corrected chi connectivity index (χ0v) is 17.0. The molecule has 0 saturated carbocycles. The van der Waals surface area contributed by atoms with E-state index in [-0.39, 0.29) is 5.56 Å². The summed E-state index contributed by atoms with van der Waals surface area (Å²) < 4.78 is 5.43. The van der Waals surface area contributed by atoms with E-state index in [1.54, 1.807) is 6.20 Å². The molecule has 4 heterocycles. The van der Waals surface area contributed by atoms with Crippen molar-refractivity contribution in [2.75, 3.05) is 26.3 Å². The van der Waals surface area contributed by atoms with Crippen LogP contribution in [0.3, 0.4) is 0 Å². The minimum atomic E-state index is -0.154. The molecule has 1 saturated heterocycles. The lowest BCUT2D eigenvalue weighted by atomic mass is 10.1. The van der Waals surface area contributed by atoms with Crippen LogP contribution in [0.25, 0.3) is 34.4 Å². The van der Waals surface area contributed by atoms with Gasteiger partial charge in [0, 0.05) is 37.1 Å². The van der Waals surface area contributed by atoms with Gasteiger partial charge in [-0.05, 0) is 35.4 Å². The lowest BCUT2D eigenvalue weighted by Crippen LogP contribution is -2.35. The van der Waals surface area contributed by atoms with E-state index in [2.05, 4.69) is 55.2 Å². The Morgan fingerprint density at radius 1 is 1.06 bits per heavy atom. The summed E-state index contributed by atoms with van der Waals surface area (Å²) in [7, 11) is 0. The summed E-state index contributed by atoms with van der Waals surface area (Å²) in [5.41, 5.74) is 5.48. The number of hydrogen-bond acceptors (Lipinski definition) is 5. The van der Waals surface area contributed by atoms with Crippen LogP contribution in [0.15, 0.2) is 59.8 Å². The normalized spacial score (nSPS) is 15.1. The average Bonchev–Trinajstić information content (AvgIpc) is 3.25. The average molecular weight is 413 g/mol. The molecule has 1 aromatic carbocycles. The fraction of sp³-hybridized carbons (Fsp3) is 0.208. The molecule has 3 aromatic heterocycles. The molecule has 0 radical (unpaired) electrons. The molecule has 1 aliphatic rings. The number of aromatic nitrogens is 4. The summed E-state index contributed by atoms with van der Waals surface area (Å²) in [6, 6.07) is 14.3. The molecule has 1 aliphatic heterocycles. The van der Waals surface area contributed by atoms with Gasteiger partial charge < -0.3 is 14.7 Å². The molecule has 1 fully saturated rings. The van der Waals surface area contributed by atoms with Gasteiger partial charge in [0.2, 0.25) is 0 Å². The number of nitrogens with zero attached hydrogens (tertiary/aromatic N) is 3. The van der Waals surface area contributed by atoms with Gasteiger partial charge in [-0.1, -0.05) is 30.3 Å². The van der Waals surface area contributed by atoms with Crippen molar-refractivity contribution in [2.24, 2.45) is 0 Å². The fourth-order valence-corrected chi connectivity index (χ4v) is 3.81. The van der Waals surface area contributed by atoms with E-state index in [1.165, 1.54) is 11.9 Å². The van der Waals surface area contributed by atoms with Crippen LogP contribution >= 0.6 is 0 Å². The first-order valence-corrected chi connectivity index (χ1v) is 10.3. The number of fused-ring (bicyclic) bond motifs is 1. The molecule has 7 heteroatoms. The Labute approximate surface area is 179 Å². The monoisotopic (exact) mass is 413 g/mol. The molecule has 0 atom stereocenters. The Hall–Kier alpha value is -3.55. The summed E-state index contributed by atoms with van der Waals surface area (Å²) in [5, 5.41) is 0.545. The maximum Gasteiger partial charge on any atom is 0.260 e. The molecule has 5 rings (SSSR count). The lowest BCUT2D eigenvalue weighted by Gasteiger charge is -2.26. The topological polar surface area (TPSA) is 86.9 Å². The highest BCUT2D eigenvalue weighted by Crippen LogP contribution is 2.22. The van der Waals surface area contributed by atoms with Crippen molar-refractivity contribution >= 4 is 23.2 Å². The van der Waals surface area contributed by atoms with Crippen molar-refractivity contribution in [1.82, 2.24) is 24.8 Å². The maximum atomic E-state index is 12.0. The second kappa shape index (κ2) is 8.67. The second-order valence-corrected chi connectivity index (χ2v) is 7.61. The molecule has 0 spiro atoms. The summed E-state index contributed by atoms with van der Waals surface area (Å²) >= 11 is 0. The Bertz CT molecular complexity index is 1280. The third-order valence-electron chi connectivity index (χ3n) is 5.43. The number of pyridine rings is 1. The van der Waals surface area contributed by atoms with Crippen molar-refractivity contribution < 1.29 is 4.74 Å². The fourth-order valence-electron chi connectivity index (χ4n) is 3.81. The Morgan fingerprint density at radius 2 is 1.97 bits per heavy atom. The smallest absolute Gasteiger partial charge is 0.260 e. The summed E-state index contributed by atoms with van der Waals surface area (Å²) in [6.45, 7) is 4.51. The quantitative estimate of drug-likeness (QED) is 0.524. The van der Waals surface area contributed by atoms with Crippen molar-refractivity contribution in [2.45, 2.75) is 6.54 Å². The van der Waals surface area contributed by atoms with Gasteiger partial charge in [0.05, 0.1) is 30.6 Å². The molecule has 7 nitrogen and oxygen atoms in total. The second-order valence-electron chi connectivity index (χ2n) is 7.61. The van der Waals surface area contributed by atoms with Crippen LogP contribution in [0.2, 0.25) is 0 Å². The van der Waals surface area contributed by atoms with Gasteiger partial charge >= 0.3 is 0 Å². The SMILES string of the molecule is O=c1[nH]cnc2[nH]c(-c3ccnc(/C=C/c4cccc(CN5CCOCC5)c4)c3)cc12. The number of ether oxygens (including phenoxy) is 1. The number of morpholine rings is 1. The molecular weight excluding hydrogens is 390 g/mol. The minimum Gasteiger partial charge on any atom is -0.379 e. The number of hydrogen-bond donors (Lipinski definition) is 2. The van der Waals surface area contributed by atoms with E-state index in [0.29, 0.717) is 11.0 Å². The van der Waals surface area contributed by atoms with Crippen LogP contribution in [-0.2, 0) is 11.3 Å². The van der Waals surface area contributed by atoms with E-state index < -0.39 is 0 Å². The Kier molecular flexibility index (Phi) is 5.43. The number of aromatic amines is 2. The standard InChI is InChI=1S/C24H23N5O2/c30-24-21-14-22(28-23(21)26-16-27-24)19-6-7-25-20(13-19)5-4-17-2-1-3-18(12-17)15-29-8-10-31-11-9-29/h1-7,12-14,16H,8-11,15H2,(H2,26,27,28,30)/b5-4+. The van der Waals surface area contributed by atoms with E-state index in [0.717, 1.165) is 55.4 Å². The zero-order valence-electron chi connectivity index (χ0n) is 17.0. The van der Waals surface area contributed by atoms with Crippen LogP contribution in [0.4, 0.5) is 0 Å². The minimum absolute atomic E-state index is 0.154. The van der Waals surface area contributed by atoms with Crippen molar-refractivity contribution in [3.8, 4) is 11.3 Å². The molecule has 2 N–H and O–H groups in total. The van der Waals surface area contributed by atoms with Gasteiger partial charge in [0.15, 0.2) is 0 Å². The highest BCUT2D eigenvalue weighted by Gasteiger charge is 2.10. The van der Waals surface area contributed by atoms with Crippen LogP contribution < -0.4 is 5.56 Å². The first-order chi connectivity index (χ1) is 15.2. The summed E-state index contributed by atoms with van der Waals surface area (Å²) in [5.74, 6) is 0. The highest BCUT2D eigenvalue weighted by atomic mass is 16.5. The zero-order chi connectivity index (χ0) is 21.0. The van der Waals surface area contributed by atoms with E-state index in [9.17, 15) is 4.79 Å². The van der Waals surface area contributed by atoms with Crippen LogP contribution in [0.5, 0.6) is 0 Å². The van der Waals surface area contributed by atoms with Gasteiger partial charge in [0.25, 0.3) is 5.56 Å². The number of H-pyrrole nitrogens is 2. The maximum absolute atomic E-state index is 12.0. The molecule has 0 amide bonds. The van der Waals surface area contributed by atoms with Crippen molar-refractivity contribution in [1.29, 1.82) is 0 Å². The molecular formula is C24H23N5O2. The van der Waals surface area contributed by atoms with Gasteiger partial charge in [-0.25, -0.2) is 4.98 Å². The molecule has 4 aromatic rings. The van der Waals surface area contributed by atoms with Gasteiger partial charge in [-0.3, -0.25) is 14.7 Å². The predicted molar refractivity (Wildman–Crippen MR) is 121 cm³/mol. The van der Waals surface area contributed by atoms with E-state index in [4.69, 9.17) is 4.74 Å². The molecule has 0 aliphatic carbocycles. The third-order valence-corrected chi connectivity index (χ3v) is 5.43. The molecule has 0 bridgehead atoms. The number of benzene rings is 1. The predicted octanol–water partition coefficient (Wildman–Crippen LogP) is 3.32. The third kappa shape index (κ3) is 4.47. The molecule has 156 valence electrons. The summed E-state index contributed by atoms with van der Waals surface area (Å²) in [4.78, 5) is 28.8. The molecule has 0 unspecified atom stereocenters. The van der Waals surface area contributed by atoms with Crippen LogP contribution in [0.1, 0.15) is 16.8 Å². The largest absolute Gasteiger partial charge is 0.379 e. The van der Waals surface area contributed by atoms with Crippen LogP contribution in [0, 0.1) is 0 Å². The summed E-state index contributed by atoms with van der Waals surface area (Å²) in [6.07, 6.45) is 7.25. The lowest BCUT2D eigenvalue weighted by molar-refractivity contribution is 0.0342. The van der Waals surface area contributed by atoms with Crippen molar-refractivity contribution in [3.05, 3.63) is 82.2 Å². The number of nitrogens with one attached hydrogen (secondary N) is 2. The first-order valence-electron chi connectivity index (χ1n) is 10.3. The first kappa shape index (κ1) is 19.4. The van der Waals surface area contributed by atoms with Gasteiger partial charge in [-0.2, -0.15) is 0 Å². The van der Waals surface area contributed by atoms with Crippen molar-refractivity contribution in [3.63, 3.8) is 0 Å². The van der Waals surface area contributed by atoms with Crippen LogP contribution in [-0.4, -0.2) is 51.1 Å². The van der Waals surface area contributed by atoms with E-state index >= 15 is 0 Å².